The van der Waals surface area contributed by atoms with E-state index in [1.54, 1.807) is 31.2 Å². The summed E-state index contributed by atoms with van der Waals surface area (Å²) >= 11 is 0. The Balaban J connectivity index is 2.06. The lowest BCUT2D eigenvalue weighted by atomic mass is 9.92. The second kappa shape index (κ2) is 8.03. The van der Waals surface area contributed by atoms with Crippen LogP contribution in [0.15, 0.2) is 36.4 Å². The van der Waals surface area contributed by atoms with Crippen molar-refractivity contribution in [3.63, 3.8) is 0 Å². The number of hydrogen-bond donors (Lipinski definition) is 1. The molecule has 1 aromatic carbocycles. The monoisotopic (exact) mass is 360 g/mol. The first-order valence-electron chi connectivity index (χ1n) is 8.36. The molecule has 7 heteroatoms. The van der Waals surface area contributed by atoms with Gasteiger partial charge in [-0.05, 0) is 43.5 Å². The maximum Gasteiger partial charge on any atom is 0.325 e. The number of urea groups is 1. The molecule has 1 atom stereocenters. The SMILES string of the molecule is C=C(C)COc1ccc(C2(C)NC(=O)N(CCCC(=O)OC)C2=O)cc1. The number of amides is 3. The van der Waals surface area contributed by atoms with Crippen LogP contribution in [0.5, 0.6) is 5.75 Å². The molecule has 2 rings (SSSR count). The second-order valence-electron chi connectivity index (χ2n) is 6.46. The van der Waals surface area contributed by atoms with Crippen molar-refractivity contribution >= 4 is 17.9 Å². The number of nitrogens with one attached hydrogen (secondary N) is 1. The lowest BCUT2D eigenvalue weighted by Crippen LogP contribution is -2.41. The number of ether oxygens (including phenoxy) is 2. The lowest BCUT2D eigenvalue weighted by molar-refractivity contribution is -0.141. The topological polar surface area (TPSA) is 84.9 Å². The van der Waals surface area contributed by atoms with Crippen molar-refractivity contribution in [2.45, 2.75) is 32.2 Å². The zero-order valence-corrected chi connectivity index (χ0v) is 15.3. The predicted octanol–water partition coefficient (Wildman–Crippen LogP) is 2.36. The van der Waals surface area contributed by atoms with E-state index in [1.165, 1.54) is 7.11 Å². The zero-order chi connectivity index (χ0) is 19.3. The van der Waals surface area contributed by atoms with E-state index in [0.29, 0.717) is 24.3 Å². The lowest BCUT2D eigenvalue weighted by Gasteiger charge is -2.22. The fourth-order valence-electron chi connectivity index (χ4n) is 2.67. The first-order chi connectivity index (χ1) is 12.3. The first-order valence-corrected chi connectivity index (χ1v) is 8.36. The molecule has 0 radical (unpaired) electrons. The van der Waals surface area contributed by atoms with Crippen LogP contribution in [0.2, 0.25) is 0 Å². The summed E-state index contributed by atoms with van der Waals surface area (Å²) in [5.41, 5.74) is 0.422. The van der Waals surface area contributed by atoms with Gasteiger partial charge in [-0.1, -0.05) is 18.7 Å². The molecule has 1 fully saturated rings. The van der Waals surface area contributed by atoms with Crippen molar-refractivity contribution in [2.24, 2.45) is 0 Å². The Kier molecular flexibility index (Phi) is 6.02. The van der Waals surface area contributed by atoms with E-state index in [2.05, 4.69) is 16.6 Å². The summed E-state index contributed by atoms with van der Waals surface area (Å²) in [6.07, 6.45) is 0.509. The van der Waals surface area contributed by atoms with Crippen LogP contribution in [0, 0.1) is 0 Å². The normalized spacial score (nSPS) is 19.3. The molecule has 0 spiro atoms. The second-order valence-corrected chi connectivity index (χ2v) is 6.46. The number of esters is 1. The smallest absolute Gasteiger partial charge is 0.325 e. The predicted molar refractivity (Wildman–Crippen MR) is 95.6 cm³/mol. The first kappa shape index (κ1) is 19.5. The Morgan fingerprint density at radius 3 is 2.50 bits per heavy atom. The molecule has 1 N–H and O–H groups in total. The molecule has 7 nitrogen and oxygen atoms in total. The van der Waals surface area contributed by atoms with Gasteiger partial charge in [0.1, 0.15) is 17.9 Å². The van der Waals surface area contributed by atoms with Gasteiger partial charge in [-0.25, -0.2) is 4.79 Å². The van der Waals surface area contributed by atoms with E-state index in [1.807, 2.05) is 6.92 Å². The molecule has 0 aliphatic carbocycles. The molecule has 1 saturated heterocycles. The summed E-state index contributed by atoms with van der Waals surface area (Å²) in [6, 6.07) is 6.55. The molecular weight excluding hydrogens is 336 g/mol. The molecule has 3 amide bonds. The Hall–Kier alpha value is -2.83. The van der Waals surface area contributed by atoms with Crippen LogP contribution in [0.25, 0.3) is 0 Å². The van der Waals surface area contributed by atoms with Gasteiger partial charge in [0.2, 0.25) is 0 Å². The molecule has 1 aliphatic heterocycles. The number of hydrogen-bond acceptors (Lipinski definition) is 5. The maximum absolute atomic E-state index is 12.8. The molecule has 1 unspecified atom stereocenters. The minimum absolute atomic E-state index is 0.152. The molecule has 26 heavy (non-hydrogen) atoms. The van der Waals surface area contributed by atoms with Crippen LogP contribution in [0.4, 0.5) is 4.79 Å². The highest BCUT2D eigenvalue weighted by Crippen LogP contribution is 2.30. The van der Waals surface area contributed by atoms with Gasteiger partial charge in [0.25, 0.3) is 5.91 Å². The number of imide groups is 1. The molecule has 1 aromatic rings. The summed E-state index contributed by atoms with van der Waals surface area (Å²) < 4.78 is 10.1. The summed E-state index contributed by atoms with van der Waals surface area (Å²) in [5.74, 6) is -0.0554. The van der Waals surface area contributed by atoms with E-state index in [-0.39, 0.29) is 24.8 Å². The Morgan fingerprint density at radius 2 is 1.92 bits per heavy atom. The average Bonchev–Trinajstić information content (AvgIpc) is 2.84. The number of methoxy groups -OCH3 is 1. The number of rotatable bonds is 8. The van der Waals surface area contributed by atoms with Crippen molar-refractivity contribution < 1.29 is 23.9 Å². The Labute approximate surface area is 153 Å². The molecule has 140 valence electrons. The van der Waals surface area contributed by atoms with Gasteiger partial charge in [-0.15, -0.1) is 0 Å². The summed E-state index contributed by atoms with van der Waals surface area (Å²) in [5, 5.41) is 2.73. The zero-order valence-electron chi connectivity index (χ0n) is 15.3. The fourth-order valence-corrected chi connectivity index (χ4v) is 2.67. The number of carbonyl (C=O) groups is 3. The highest BCUT2D eigenvalue weighted by molar-refractivity contribution is 6.07. The number of carbonyl (C=O) groups excluding carboxylic acids is 3. The summed E-state index contributed by atoms with van der Waals surface area (Å²) in [7, 11) is 1.30. The molecule has 0 bridgehead atoms. The molecule has 0 saturated carbocycles. The Morgan fingerprint density at radius 1 is 1.27 bits per heavy atom. The van der Waals surface area contributed by atoms with E-state index in [9.17, 15) is 14.4 Å². The minimum Gasteiger partial charge on any atom is -0.489 e. The van der Waals surface area contributed by atoms with E-state index >= 15 is 0 Å². The third-order valence-corrected chi connectivity index (χ3v) is 4.18. The summed E-state index contributed by atoms with van der Waals surface area (Å²) in [4.78, 5) is 37.3. The molecule has 1 heterocycles. The molecule has 0 aromatic heterocycles. The maximum atomic E-state index is 12.8. The van der Waals surface area contributed by atoms with Crippen LogP contribution >= 0.6 is 0 Å². The van der Waals surface area contributed by atoms with E-state index < -0.39 is 11.6 Å². The summed E-state index contributed by atoms with van der Waals surface area (Å²) in [6.45, 7) is 7.89. The van der Waals surface area contributed by atoms with Gasteiger partial charge >= 0.3 is 12.0 Å². The largest absolute Gasteiger partial charge is 0.489 e. The quantitative estimate of drug-likeness (QED) is 0.437. The van der Waals surface area contributed by atoms with Crippen LogP contribution in [0.1, 0.15) is 32.3 Å². The van der Waals surface area contributed by atoms with Gasteiger partial charge in [0.15, 0.2) is 0 Å². The van der Waals surface area contributed by atoms with Gasteiger partial charge in [0, 0.05) is 13.0 Å². The van der Waals surface area contributed by atoms with Gasteiger partial charge < -0.3 is 14.8 Å². The third-order valence-electron chi connectivity index (χ3n) is 4.18. The highest BCUT2D eigenvalue weighted by atomic mass is 16.5. The van der Waals surface area contributed by atoms with Gasteiger partial charge in [-0.3, -0.25) is 14.5 Å². The third kappa shape index (κ3) is 4.22. The van der Waals surface area contributed by atoms with Crippen molar-refractivity contribution in [1.29, 1.82) is 0 Å². The highest BCUT2D eigenvalue weighted by Gasteiger charge is 2.48. The number of benzene rings is 1. The van der Waals surface area contributed by atoms with Gasteiger partial charge in [-0.2, -0.15) is 0 Å². The molecule has 1 aliphatic rings. The van der Waals surface area contributed by atoms with Crippen LogP contribution in [-0.4, -0.2) is 43.1 Å². The van der Waals surface area contributed by atoms with Crippen LogP contribution < -0.4 is 10.1 Å². The average molecular weight is 360 g/mol. The van der Waals surface area contributed by atoms with E-state index in [4.69, 9.17) is 4.74 Å². The van der Waals surface area contributed by atoms with Crippen molar-refractivity contribution in [1.82, 2.24) is 10.2 Å². The van der Waals surface area contributed by atoms with Crippen molar-refractivity contribution in [2.75, 3.05) is 20.3 Å². The van der Waals surface area contributed by atoms with Crippen LogP contribution in [-0.2, 0) is 19.9 Å². The Bertz CT molecular complexity index is 713. The van der Waals surface area contributed by atoms with Crippen molar-refractivity contribution in [3.05, 3.63) is 42.0 Å². The van der Waals surface area contributed by atoms with Crippen molar-refractivity contribution in [3.8, 4) is 5.75 Å². The minimum atomic E-state index is -1.14. The standard InChI is InChI=1S/C19H24N2O5/c1-13(2)12-26-15-9-7-14(8-10-15)19(3)17(23)21(18(24)20-19)11-5-6-16(22)25-4/h7-10H,1,5-6,11-12H2,2-4H3,(H,20,24). The van der Waals surface area contributed by atoms with E-state index in [0.717, 1.165) is 10.5 Å². The van der Waals surface area contributed by atoms with Crippen LogP contribution in [0.3, 0.4) is 0 Å². The van der Waals surface area contributed by atoms with Gasteiger partial charge in [0.05, 0.1) is 7.11 Å². The fraction of sp³-hybridized carbons (Fsp3) is 0.421. The number of nitrogens with zero attached hydrogens (tertiary/aromatic N) is 1. The molecular formula is C19H24N2O5.